The normalized spacial score (nSPS) is 14.0. The highest BCUT2D eigenvalue weighted by molar-refractivity contribution is 5.75. The van der Waals surface area contributed by atoms with Crippen LogP contribution in [0.3, 0.4) is 0 Å². The summed E-state index contributed by atoms with van der Waals surface area (Å²) in [4.78, 5) is 1.75. The van der Waals surface area contributed by atoms with E-state index >= 15 is 0 Å². The first-order chi connectivity index (χ1) is 17.7. The van der Waals surface area contributed by atoms with E-state index < -0.39 is 29.0 Å². The molecule has 0 fully saturated rings. The first-order valence-electron chi connectivity index (χ1n) is 13.0. The third-order valence-corrected chi connectivity index (χ3v) is 7.24. The number of halogens is 6. The molecule has 206 valence electrons. The van der Waals surface area contributed by atoms with E-state index in [2.05, 4.69) is 0 Å². The first kappa shape index (κ1) is 29.6. The molecule has 0 heterocycles. The Morgan fingerprint density at radius 1 is 0.737 bits per heavy atom. The monoisotopic (exact) mass is 535 g/mol. The van der Waals surface area contributed by atoms with Crippen molar-refractivity contribution in [2.24, 2.45) is 0 Å². The van der Waals surface area contributed by atoms with E-state index in [1.807, 2.05) is 26.8 Å². The van der Waals surface area contributed by atoms with Crippen molar-refractivity contribution in [1.29, 1.82) is 0 Å². The van der Waals surface area contributed by atoms with Crippen LogP contribution in [0.5, 0.6) is 0 Å². The molecule has 0 saturated carbocycles. The number of rotatable bonds is 9. The zero-order valence-corrected chi connectivity index (χ0v) is 22.5. The van der Waals surface area contributed by atoms with Gasteiger partial charge < -0.3 is 4.90 Å². The van der Waals surface area contributed by atoms with Crippen molar-refractivity contribution in [2.45, 2.75) is 84.1 Å². The fourth-order valence-electron chi connectivity index (χ4n) is 4.95. The molecule has 1 atom stereocenters. The lowest BCUT2D eigenvalue weighted by Crippen LogP contribution is -2.44. The maximum atomic E-state index is 14.6. The van der Waals surface area contributed by atoms with Crippen LogP contribution in [0.1, 0.15) is 82.9 Å². The summed E-state index contributed by atoms with van der Waals surface area (Å²) in [6.45, 7) is 9.27. The fourth-order valence-corrected chi connectivity index (χ4v) is 4.95. The van der Waals surface area contributed by atoms with Crippen LogP contribution >= 0.6 is 0 Å². The van der Waals surface area contributed by atoms with Crippen molar-refractivity contribution in [3.8, 4) is 11.1 Å². The maximum absolute atomic E-state index is 14.6. The number of unbranched alkanes of at least 4 members (excludes halogenated alkanes) is 1. The van der Waals surface area contributed by atoms with Crippen molar-refractivity contribution in [3.63, 3.8) is 0 Å². The van der Waals surface area contributed by atoms with Crippen LogP contribution in [0, 0.1) is 0 Å². The number of alkyl halides is 6. The summed E-state index contributed by atoms with van der Waals surface area (Å²) >= 11 is 0. The summed E-state index contributed by atoms with van der Waals surface area (Å²) in [5.41, 5.74) is -1.41. The Hall–Kier alpha value is -2.96. The van der Waals surface area contributed by atoms with Crippen molar-refractivity contribution in [2.75, 3.05) is 4.90 Å². The van der Waals surface area contributed by atoms with Crippen LogP contribution in [0.25, 0.3) is 11.1 Å². The quantitative estimate of drug-likeness (QED) is 0.246. The summed E-state index contributed by atoms with van der Waals surface area (Å²) in [6, 6.07) is 16.6. The van der Waals surface area contributed by atoms with Gasteiger partial charge in [0.15, 0.2) is 0 Å². The molecule has 0 amide bonds. The Labute approximate surface area is 221 Å². The van der Waals surface area contributed by atoms with E-state index in [9.17, 15) is 26.3 Å². The molecule has 7 heteroatoms. The second-order valence-electron chi connectivity index (χ2n) is 10.3. The van der Waals surface area contributed by atoms with Gasteiger partial charge in [-0.15, -0.1) is 0 Å². The molecule has 0 N–H and O–H groups in total. The largest absolute Gasteiger partial charge is 0.418 e. The number of benzene rings is 3. The Morgan fingerprint density at radius 3 is 1.79 bits per heavy atom. The SMILES string of the molecule is CCCCC(C)(CC)N(c1ccccc1)c1ccc(-c2ccc(C(C)C)c(C(F)(F)F)c2)cc1C(F)(F)F. The van der Waals surface area contributed by atoms with E-state index in [0.29, 0.717) is 18.5 Å². The lowest BCUT2D eigenvalue weighted by Gasteiger charge is -2.44. The first-order valence-corrected chi connectivity index (χ1v) is 13.0. The van der Waals surface area contributed by atoms with Gasteiger partial charge in [0.25, 0.3) is 0 Å². The number of hydrogen-bond donors (Lipinski definition) is 0. The standard InChI is InChI=1S/C31H35F6N/c1-6-8-18-29(5,7-2)38(24-12-10-9-11-13-24)28-17-15-23(20-27(28)31(35,36)37)22-14-16-25(21(3)4)26(19-22)30(32,33)34/h9-17,19-21H,6-8,18H2,1-5H3. The lowest BCUT2D eigenvalue weighted by molar-refractivity contribution is -0.138. The molecule has 0 saturated heterocycles. The van der Waals surface area contributed by atoms with Gasteiger partial charge in [-0.25, -0.2) is 0 Å². The minimum absolute atomic E-state index is 0.0113. The second kappa shape index (κ2) is 11.4. The summed E-state index contributed by atoms with van der Waals surface area (Å²) in [6.07, 6.45) is -6.31. The summed E-state index contributed by atoms with van der Waals surface area (Å²) in [5, 5.41) is 0. The number of hydrogen-bond acceptors (Lipinski definition) is 1. The van der Waals surface area contributed by atoms with Crippen LogP contribution in [0.4, 0.5) is 37.7 Å². The van der Waals surface area contributed by atoms with Crippen LogP contribution in [0.15, 0.2) is 66.7 Å². The smallest absolute Gasteiger partial charge is 0.335 e. The van der Waals surface area contributed by atoms with E-state index in [-0.39, 0.29) is 28.3 Å². The molecule has 38 heavy (non-hydrogen) atoms. The Kier molecular flexibility index (Phi) is 8.89. The number of anilines is 2. The highest BCUT2D eigenvalue weighted by Crippen LogP contribution is 2.46. The van der Waals surface area contributed by atoms with E-state index in [4.69, 9.17) is 0 Å². The molecule has 0 aliphatic heterocycles. The minimum atomic E-state index is -4.72. The van der Waals surface area contributed by atoms with Gasteiger partial charge in [-0.3, -0.25) is 0 Å². The molecule has 0 aliphatic rings. The van der Waals surface area contributed by atoms with Gasteiger partial charge in [0.05, 0.1) is 16.8 Å². The van der Waals surface area contributed by atoms with Crippen molar-refractivity contribution in [1.82, 2.24) is 0 Å². The van der Waals surface area contributed by atoms with Gasteiger partial charge in [0, 0.05) is 11.2 Å². The topological polar surface area (TPSA) is 3.24 Å². The molecule has 1 unspecified atom stereocenters. The molecule has 0 aliphatic carbocycles. The number of para-hydroxylation sites is 1. The Balaban J connectivity index is 2.26. The van der Waals surface area contributed by atoms with E-state index in [1.54, 1.807) is 43.0 Å². The van der Waals surface area contributed by atoms with E-state index in [1.165, 1.54) is 24.3 Å². The highest BCUT2D eigenvalue weighted by Gasteiger charge is 2.40. The fraction of sp³-hybridized carbons (Fsp3) is 0.419. The lowest BCUT2D eigenvalue weighted by atomic mass is 9.87. The molecule has 3 aromatic rings. The third kappa shape index (κ3) is 6.36. The summed E-state index contributed by atoms with van der Waals surface area (Å²) < 4.78 is 85.2. The molecule has 0 spiro atoms. The summed E-state index contributed by atoms with van der Waals surface area (Å²) in [7, 11) is 0. The predicted molar refractivity (Wildman–Crippen MR) is 143 cm³/mol. The highest BCUT2D eigenvalue weighted by atomic mass is 19.4. The molecular weight excluding hydrogens is 500 g/mol. The maximum Gasteiger partial charge on any atom is 0.418 e. The number of nitrogens with zero attached hydrogens (tertiary/aromatic N) is 1. The van der Waals surface area contributed by atoms with E-state index in [0.717, 1.165) is 25.0 Å². The predicted octanol–water partition coefficient (Wildman–Crippen LogP) is 11.0. The molecule has 3 rings (SSSR count). The van der Waals surface area contributed by atoms with Crippen molar-refractivity contribution in [3.05, 3.63) is 83.4 Å². The zero-order valence-electron chi connectivity index (χ0n) is 22.5. The van der Waals surface area contributed by atoms with Crippen LogP contribution < -0.4 is 4.90 Å². The Morgan fingerprint density at radius 2 is 1.29 bits per heavy atom. The molecule has 3 aromatic carbocycles. The van der Waals surface area contributed by atoms with Gasteiger partial charge >= 0.3 is 12.4 Å². The van der Waals surface area contributed by atoms with Gasteiger partial charge in [-0.1, -0.05) is 76.9 Å². The second-order valence-corrected chi connectivity index (χ2v) is 10.3. The van der Waals surface area contributed by atoms with Gasteiger partial charge in [0.1, 0.15) is 0 Å². The van der Waals surface area contributed by atoms with Crippen LogP contribution in [-0.4, -0.2) is 5.54 Å². The minimum Gasteiger partial charge on any atom is -0.335 e. The van der Waals surface area contributed by atoms with Gasteiger partial charge in [0.2, 0.25) is 0 Å². The average Bonchev–Trinajstić information content (AvgIpc) is 2.87. The molecule has 1 nitrogen and oxygen atoms in total. The van der Waals surface area contributed by atoms with Crippen molar-refractivity contribution < 1.29 is 26.3 Å². The Bertz CT molecular complexity index is 1210. The van der Waals surface area contributed by atoms with Crippen LogP contribution in [-0.2, 0) is 12.4 Å². The van der Waals surface area contributed by atoms with Crippen LogP contribution in [0.2, 0.25) is 0 Å². The zero-order chi connectivity index (χ0) is 28.3. The average molecular weight is 536 g/mol. The summed E-state index contributed by atoms with van der Waals surface area (Å²) in [5.74, 6) is -0.386. The molecule has 0 aromatic heterocycles. The molecule has 0 bridgehead atoms. The van der Waals surface area contributed by atoms with Gasteiger partial charge in [-0.05, 0) is 72.7 Å². The molecule has 0 radical (unpaired) electrons. The van der Waals surface area contributed by atoms with Gasteiger partial charge in [-0.2, -0.15) is 26.3 Å². The third-order valence-electron chi connectivity index (χ3n) is 7.24. The molecular formula is C31H35F6N. The van der Waals surface area contributed by atoms with Crippen molar-refractivity contribution >= 4 is 11.4 Å².